The van der Waals surface area contributed by atoms with Crippen LogP contribution in [0.2, 0.25) is 0 Å². The van der Waals surface area contributed by atoms with Gasteiger partial charge in [0.1, 0.15) is 5.82 Å². The Labute approximate surface area is 101 Å². The highest BCUT2D eigenvalue weighted by atomic mass is 19.3. The van der Waals surface area contributed by atoms with Gasteiger partial charge < -0.3 is 4.74 Å². The highest BCUT2D eigenvalue weighted by Gasteiger charge is 2.59. The molecule has 0 N–H and O–H groups in total. The second-order valence-corrected chi connectivity index (χ2v) is 4.07. The third-order valence-corrected chi connectivity index (χ3v) is 3.11. The van der Waals surface area contributed by atoms with Crippen LogP contribution in [0.5, 0.6) is 0 Å². The van der Waals surface area contributed by atoms with Gasteiger partial charge in [0.15, 0.2) is 11.2 Å². The molecule has 0 bridgehead atoms. The lowest BCUT2D eigenvalue weighted by molar-refractivity contribution is -0.157. The fourth-order valence-electron chi connectivity index (χ4n) is 2.15. The highest BCUT2D eigenvalue weighted by molar-refractivity contribution is 6.16. The lowest BCUT2D eigenvalue weighted by atomic mass is 9.84. The van der Waals surface area contributed by atoms with Gasteiger partial charge >= 0.3 is 5.97 Å². The Hall–Kier alpha value is -1.85. The van der Waals surface area contributed by atoms with E-state index in [-0.39, 0.29) is 11.1 Å². The van der Waals surface area contributed by atoms with Crippen LogP contribution in [-0.4, -0.2) is 25.3 Å². The summed E-state index contributed by atoms with van der Waals surface area (Å²) in [6, 6.07) is 3.16. The van der Waals surface area contributed by atoms with E-state index >= 15 is 0 Å². The Kier molecular flexibility index (Phi) is 2.88. The van der Waals surface area contributed by atoms with Gasteiger partial charge in [-0.2, -0.15) is 0 Å². The molecule has 0 fully saturated rings. The molecule has 2 rings (SSSR count). The Bertz CT molecular complexity index is 527. The summed E-state index contributed by atoms with van der Waals surface area (Å²) in [5.41, 5.74) is -2.49. The van der Waals surface area contributed by atoms with Gasteiger partial charge in [-0.15, -0.1) is 0 Å². The van der Waals surface area contributed by atoms with E-state index in [0.29, 0.717) is 0 Å². The lowest BCUT2D eigenvalue weighted by Crippen LogP contribution is -2.44. The van der Waals surface area contributed by atoms with Crippen LogP contribution in [0.3, 0.4) is 0 Å². The fourth-order valence-corrected chi connectivity index (χ4v) is 2.15. The normalized spacial score (nSPS) is 22.2. The minimum absolute atomic E-state index is 0.180. The van der Waals surface area contributed by atoms with E-state index in [0.717, 1.165) is 19.2 Å². The van der Waals surface area contributed by atoms with E-state index in [2.05, 4.69) is 4.74 Å². The van der Waals surface area contributed by atoms with E-state index < -0.39 is 35.8 Å². The van der Waals surface area contributed by atoms with Crippen LogP contribution in [0.15, 0.2) is 18.2 Å². The lowest BCUT2D eigenvalue weighted by Gasteiger charge is -2.22. The molecule has 0 radical (unpaired) electrons. The summed E-state index contributed by atoms with van der Waals surface area (Å²) in [5.74, 6) is -3.09. The smallest absolute Gasteiger partial charge is 0.326 e. The average molecular weight is 258 g/mol. The molecule has 3 nitrogen and oxygen atoms in total. The topological polar surface area (TPSA) is 43.4 Å². The molecule has 6 heteroatoms. The standard InChI is InChI=1S/C12H9F3O3/c1-18-11(17)12(10(14)15)5-6-2-3-7(13)4-8(6)9(12)16/h2-4,10H,5H2,1H3. The van der Waals surface area contributed by atoms with E-state index in [9.17, 15) is 22.8 Å². The van der Waals surface area contributed by atoms with Gasteiger partial charge in [-0.05, 0) is 17.7 Å². The van der Waals surface area contributed by atoms with Crippen LogP contribution in [0.1, 0.15) is 15.9 Å². The van der Waals surface area contributed by atoms with Crippen molar-refractivity contribution in [2.24, 2.45) is 5.41 Å². The van der Waals surface area contributed by atoms with Crippen molar-refractivity contribution in [3.8, 4) is 0 Å². The minimum atomic E-state index is -3.20. The molecule has 96 valence electrons. The summed E-state index contributed by atoms with van der Waals surface area (Å²) < 4.78 is 43.6. The number of ether oxygens (including phenoxy) is 1. The number of esters is 1. The first kappa shape index (κ1) is 12.6. The van der Waals surface area contributed by atoms with Gasteiger partial charge in [0.05, 0.1) is 7.11 Å². The Balaban J connectivity index is 2.57. The number of hydrogen-bond donors (Lipinski definition) is 0. The van der Waals surface area contributed by atoms with Crippen LogP contribution >= 0.6 is 0 Å². The van der Waals surface area contributed by atoms with Crippen molar-refractivity contribution < 1.29 is 27.5 Å². The summed E-state index contributed by atoms with van der Waals surface area (Å²) in [5, 5.41) is 0. The number of Topliss-reactive ketones (excluding diaryl/α,β-unsaturated/α-hetero) is 1. The Morgan fingerprint density at radius 3 is 2.67 bits per heavy atom. The van der Waals surface area contributed by atoms with Crippen molar-refractivity contribution >= 4 is 11.8 Å². The SMILES string of the molecule is COC(=O)C1(C(F)F)Cc2ccc(F)cc2C1=O. The number of carbonyl (C=O) groups excluding carboxylic acids is 2. The molecule has 0 aromatic heterocycles. The summed E-state index contributed by atoms with van der Waals surface area (Å²) in [6.07, 6.45) is -3.67. The van der Waals surface area contributed by atoms with Crippen molar-refractivity contribution in [2.75, 3.05) is 7.11 Å². The van der Waals surface area contributed by atoms with Crippen LogP contribution in [0.4, 0.5) is 13.2 Å². The molecule has 18 heavy (non-hydrogen) atoms. The largest absolute Gasteiger partial charge is 0.468 e. The first-order chi connectivity index (χ1) is 8.43. The quantitative estimate of drug-likeness (QED) is 0.602. The zero-order valence-electron chi connectivity index (χ0n) is 9.38. The molecule has 0 amide bonds. The molecule has 1 atom stereocenters. The number of benzene rings is 1. The summed E-state index contributed by atoms with van der Waals surface area (Å²) in [4.78, 5) is 23.5. The molecule has 0 spiro atoms. The highest BCUT2D eigenvalue weighted by Crippen LogP contribution is 2.42. The molecular formula is C12H9F3O3. The first-order valence-corrected chi connectivity index (χ1v) is 5.13. The number of ketones is 1. The van der Waals surface area contributed by atoms with Gasteiger partial charge in [-0.25, -0.2) is 13.2 Å². The molecule has 1 aliphatic carbocycles. The van der Waals surface area contributed by atoms with Gasteiger partial charge in [0.2, 0.25) is 0 Å². The van der Waals surface area contributed by atoms with Crippen molar-refractivity contribution in [3.05, 3.63) is 35.1 Å². The predicted molar refractivity (Wildman–Crippen MR) is 54.9 cm³/mol. The summed E-state index contributed by atoms with van der Waals surface area (Å²) in [7, 11) is 0.934. The van der Waals surface area contributed by atoms with E-state index in [1.807, 2.05) is 0 Å². The van der Waals surface area contributed by atoms with E-state index in [4.69, 9.17) is 0 Å². The monoisotopic (exact) mass is 258 g/mol. The molecule has 0 saturated carbocycles. The third-order valence-electron chi connectivity index (χ3n) is 3.11. The maximum atomic E-state index is 13.1. The fraction of sp³-hybridized carbons (Fsp3) is 0.333. The number of halogens is 3. The molecular weight excluding hydrogens is 249 g/mol. The number of rotatable bonds is 2. The molecule has 0 heterocycles. The number of alkyl halides is 2. The molecule has 1 aromatic carbocycles. The number of hydrogen-bond acceptors (Lipinski definition) is 3. The molecule has 1 aromatic rings. The molecule has 0 saturated heterocycles. The zero-order valence-corrected chi connectivity index (χ0v) is 9.38. The van der Waals surface area contributed by atoms with Gasteiger partial charge in [0.25, 0.3) is 6.43 Å². The average Bonchev–Trinajstić information content (AvgIpc) is 2.63. The number of methoxy groups -OCH3 is 1. The van der Waals surface area contributed by atoms with E-state index in [1.54, 1.807) is 0 Å². The molecule has 0 aliphatic heterocycles. The molecule has 1 unspecified atom stereocenters. The molecule has 1 aliphatic rings. The maximum Gasteiger partial charge on any atom is 0.326 e. The third kappa shape index (κ3) is 1.52. The van der Waals surface area contributed by atoms with Crippen molar-refractivity contribution in [1.29, 1.82) is 0 Å². The van der Waals surface area contributed by atoms with Crippen molar-refractivity contribution in [2.45, 2.75) is 12.8 Å². The van der Waals surface area contributed by atoms with Gasteiger partial charge in [-0.3, -0.25) is 9.59 Å². The number of fused-ring (bicyclic) bond motifs is 1. The second kappa shape index (κ2) is 4.12. The van der Waals surface area contributed by atoms with Gasteiger partial charge in [-0.1, -0.05) is 6.07 Å². The van der Waals surface area contributed by atoms with E-state index in [1.165, 1.54) is 6.07 Å². The summed E-state index contributed by atoms with van der Waals surface area (Å²) >= 11 is 0. The van der Waals surface area contributed by atoms with Crippen LogP contribution < -0.4 is 0 Å². The van der Waals surface area contributed by atoms with Crippen LogP contribution in [0, 0.1) is 11.2 Å². The first-order valence-electron chi connectivity index (χ1n) is 5.13. The van der Waals surface area contributed by atoms with Crippen LogP contribution in [0.25, 0.3) is 0 Å². The van der Waals surface area contributed by atoms with Gasteiger partial charge in [0, 0.05) is 12.0 Å². The van der Waals surface area contributed by atoms with Crippen molar-refractivity contribution in [1.82, 2.24) is 0 Å². The van der Waals surface area contributed by atoms with Crippen molar-refractivity contribution in [3.63, 3.8) is 0 Å². The Morgan fingerprint density at radius 1 is 1.44 bits per heavy atom. The summed E-state index contributed by atoms with van der Waals surface area (Å²) in [6.45, 7) is 0. The zero-order chi connectivity index (χ0) is 13.5. The minimum Gasteiger partial charge on any atom is -0.468 e. The maximum absolute atomic E-state index is 13.1. The number of carbonyl (C=O) groups is 2. The predicted octanol–water partition coefficient (Wildman–Crippen LogP) is 1.99. The second-order valence-electron chi connectivity index (χ2n) is 4.07. The van der Waals surface area contributed by atoms with Crippen LogP contribution in [-0.2, 0) is 16.0 Å². The Morgan fingerprint density at radius 2 is 2.11 bits per heavy atom.